The van der Waals surface area contributed by atoms with Gasteiger partial charge in [-0.05, 0) is 12.1 Å². The molecule has 0 heterocycles. The summed E-state index contributed by atoms with van der Waals surface area (Å²) in [6.45, 7) is -0.0628. The quantitative estimate of drug-likeness (QED) is 0.636. The zero-order valence-corrected chi connectivity index (χ0v) is 12.5. The molecule has 0 bridgehead atoms. The van der Waals surface area contributed by atoms with Crippen molar-refractivity contribution in [3.8, 4) is 11.8 Å². The molecule has 0 aliphatic carbocycles. The van der Waals surface area contributed by atoms with Crippen LogP contribution in [0.4, 0.5) is 0 Å². The molecule has 0 atom stereocenters. The van der Waals surface area contributed by atoms with Crippen molar-refractivity contribution < 1.29 is 18.3 Å². The van der Waals surface area contributed by atoms with Gasteiger partial charge in [-0.15, -0.1) is 0 Å². The molecule has 0 fully saturated rings. The van der Waals surface area contributed by atoms with Crippen molar-refractivity contribution in [3.63, 3.8) is 0 Å². The average molecular weight is 310 g/mol. The van der Waals surface area contributed by atoms with E-state index in [1.807, 2.05) is 0 Å². The molecule has 3 N–H and O–H groups in total. The third-order valence-corrected chi connectivity index (χ3v) is 4.08. The third-order valence-electron chi connectivity index (χ3n) is 2.56. The molecule has 1 amide bonds. The minimum atomic E-state index is -3.73. The Balaban J connectivity index is 2.88. The number of aliphatic hydroxyl groups excluding tert-OH is 1. The van der Waals surface area contributed by atoms with Gasteiger partial charge in [0, 0.05) is 32.0 Å². The summed E-state index contributed by atoms with van der Waals surface area (Å²) in [6.07, 6.45) is 0.340. The van der Waals surface area contributed by atoms with Gasteiger partial charge in [0.2, 0.25) is 15.9 Å². The van der Waals surface area contributed by atoms with Gasteiger partial charge in [-0.25, -0.2) is 13.1 Å². The van der Waals surface area contributed by atoms with Crippen LogP contribution in [0, 0.1) is 11.8 Å². The summed E-state index contributed by atoms with van der Waals surface area (Å²) >= 11 is 0. The lowest BCUT2D eigenvalue weighted by Crippen LogP contribution is -2.29. The highest BCUT2D eigenvalue weighted by Gasteiger charge is 2.17. The van der Waals surface area contributed by atoms with E-state index in [2.05, 4.69) is 21.9 Å². The van der Waals surface area contributed by atoms with Crippen molar-refractivity contribution in [2.75, 3.05) is 20.2 Å². The highest BCUT2D eigenvalue weighted by Crippen LogP contribution is 2.14. The lowest BCUT2D eigenvalue weighted by molar-refractivity contribution is -0.120. The van der Waals surface area contributed by atoms with Crippen LogP contribution in [0.1, 0.15) is 18.4 Å². The number of amides is 1. The second kappa shape index (κ2) is 8.42. The van der Waals surface area contributed by atoms with E-state index in [0.29, 0.717) is 5.56 Å². The van der Waals surface area contributed by atoms with E-state index in [0.717, 1.165) is 0 Å². The zero-order valence-electron chi connectivity index (χ0n) is 11.7. The van der Waals surface area contributed by atoms with E-state index >= 15 is 0 Å². The minimum Gasteiger partial charge on any atom is -0.395 e. The molecule has 0 saturated heterocycles. The molecular formula is C14H18N2O4S. The number of rotatable bonds is 6. The summed E-state index contributed by atoms with van der Waals surface area (Å²) in [5.74, 6) is 5.17. The molecule has 1 rings (SSSR count). The van der Waals surface area contributed by atoms with Crippen molar-refractivity contribution in [1.29, 1.82) is 0 Å². The summed E-state index contributed by atoms with van der Waals surface area (Å²) < 4.78 is 26.8. The standard InChI is InChI=1S/C14H18N2O4S/c1-15-14(18)9-10-16-21(19,20)13-8-3-2-6-12(13)7-4-5-11-17/h2-3,6,8,16-17H,5,9-11H2,1H3,(H,15,18). The largest absolute Gasteiger partial charge is 0.395 e. The number of hydrogen-bond donors (Lipinski definition) is 3. The number of aliphatic hydroxyl groups is 1. The molecule has 7 heteroatoms. The molecule has 1 aromatic carbocycles. The van der Waals surface area contributed by atoms with Crippen molar-refractivity contribution in [2.45, 2.75) is 17.7 Å². The van der Waals surface area contributed by atoms with Crippen molar-refractivity contribution in [3.05, 3.63) is 29.8 Å². The van der Waals surface area contributed by atoms with E-state index in [4.69, 9.17) is 5.11 Å². The van der Waals surface area contributed by atoms with Gasteiger partial charge in [-0.1, -0.05) is 24.0 Å². The highest BCUT2D eigenvalue weighted by atomic mass is 32.2. The summed E-state index contributed by atoms with van der Waals surface area (Å²) in [4.78, 5) is 11.1. The molecule has 0 aliphatic rings. The molecule has 6 nitrogen and oxygen atoms in total. The molecule has 0 saturated carbocycles. The van der Waals surface area contributed by atoms with Crippen LogP contribution >= 0.6 is 0 Å². The second-order valence-corrected chi connectivity index (χ2v) is 5.83. The lowest BCUT2D eigenvalue weighted by atomic mass is 10.2. The smallest absolute Gasteiger partial charge is 0.241 e. The molecule has 0 radical (unpaired) electrons. The van der Waals surface area contributed by atoms with Crippen molar-refractivity contribution in [2.24, 2.45) is 0 Å². The fourth-order valence-electron chi connectivity index (χ4n) is 1.52. The van der Waals surface area contributed by atoms with Gasteiger partial charge in [-0.2, -0.15) is 0 Å². The van der Waals surface area contributed by atoms with Crippen molar-refractivity contribution >= 4 is 15.9 Å². The Labute approximate surface area is 124 Å². The Morgan fingerprint density at radius 2 is 2.05 bits per heavy atom. The summed E-state index contributed by atoms with van der Waals surface area (Å²) in [5.41, 5.74) is 0.360. The van der Waals surface area contributed by atoms with Gasteiger partial charge in [0.05, 0.1) is 11.5 Å². The maximum Gasteiger partial charge on any atom is 0.241 e. The van der Waals surface area contributed by atoms with Crippen LogP contribution in [0.15, 0.2) is 29.2 Å². The Morgan fingerprint density at radius 3 is 2.71 bits per heavy atom. The number of sulfonamides is 1. The first-order valence-electron chi connectivity index (χ1n) is 6.40. The molecule has 114 valence electrons. The monoisotopic (exact) mass is 310 g/mol. The van der Waals surface area contributed by atoms with Crippen LogP contribution in [0.2, 0.25) is 0 Å². The molecule has 0 unspecified atom stereocenters. The molecule has 0 aliphatic heterocycles. The number of benzene rings is 1. The maximum absolute atomic E-state index is 12.2. The number of carbonyl (C=O) groups is 1. The first kappa shape index (κ1) is 17.2. The highest BCUT2D eigenvalue weighted by molar-refractivity contribution is 7.89. The van der Waals surface area contributed by atoms with E-state index in [1.165, 1.54) is 13.1 Å². The summed E-state index contributed by atoms with van der Waals surface area (Å²) in [7, 11) is -2.24. The fourth-order valence-corrected chi connectivity index (χ4v) is 2.71. The average Bonchev–Trinajstić information content (AvgIpc) is 2.47. The van der Waals surface area contributed by atoms with Crippen LogP contribution in [0.3, 0.4) is 0 Å². The van der Waals surface area contributed by atoms with E-state index < -0.39 is 10.0 Å². The summed E-state index contributed by atoms with van der Waals surface area (Å²) in [5, 5.41) is 11.1. The number of carbonyl (C=O) groups excluding carboxylic acids is 1. The molecule has 0 aromatic heterocycles. The Hall–Kier alpha value is -1.88. The fraction of sp³-hybridized carbons (Fsp3) is 0.357. The maximum atomic E-state index is 12.2. The van der Waals surface area contributed by atoms with Crippen LogP contribution in [0.5, 0.6) is 0 Å². The van der Waals surface area contributed by atoms with E-state index in [-0.39, 0.29) is 36.8 Å². The van der Waals surface area contributed by atoms with E-state index in [9.17, 15) is 13.2 Å². The van der Waals surface area contributed by atoms with Crippen LogP contribution in [-0.4, -0.2) is 39.6 Å². The Kier molecular flexibility index (Phi) is 6.88. The first-order chi connectivity index (χ1) is 10.0. The van der Waals surface area contributed by atoms with Gasteiger partial charge in [0.1, 0.15) is 0 Å². The Morgan fingerprint density at radius 1 is 1.33 bits per heavy atom. The predicted octanol–water partition coefficient (Wildman–Crippen LogP) is -0.165. The van der Waals surface area contributed by atoms with Crippen LogP contribution < -0.4 is 10.0 Å². The minimum absolute atomic E-state index is 0.0143. The topological polar surface area (TPSA) is 95.5 Å². The van der Waals surface area contributed by atoms with Crippen LogP contribution in [0.25, 0.3) is 0 Å². The number of nitrogens with one attached hydrogen (secondary N) is 2. The number of hydrogen-bond acceptors (Lipinski definition) is 4. The lowest BCUT2D eigenvalue weighted by Gasteiger charge is -2.08. The van der Waals surface area contributed by atoms with Gasteiger partial charge >= 0.3 is 0 Å². The van der Waals surface area contributed by atoms with E-state index in [1.54, 1.807) is 18.2 Å². The SMILES string of the molecule is CNC(=O)CCNS(=O)(=O)c1ccccc1C#CCCO. The van der Waals surface area contributed by atoms with Crippen molar-refractivity contribution in [1.82, 2.24) is 10.0 Å². The Bertz CT molecular complexity index is 644. The van der Waals surface area contributed by atoms with Gasteiger partial charge < -0.3 is 10.4 Å². The second-order valence-electron chi connectivity index (χ2n) is 4.09. The predicted molar refractivity (Wildman–Crippen MR) is 78.9 cm³/mol. The van der Waals surface area contributed by atoms with Gasteiger partial charge in [0.25, 0.3) is 0 Å². The molecule has 21 heavy (non-hydrogen) atoms. The summed E-state index contributed by atoms with van der Waals surface area (Å²) in [6, 6.07) is 6.33. The normalized spacial score (nSPS) is 10.6. The van der Waals surface area contributed by atoms with Crippen LogP contribution in [-0.2, 0) is 14.8 Å². The zero-order chi connectivity index (χ0) is 15.7. The molecule has 0 spiro atoms. The van der Waals surface area contributed by atoms with Gasteiger partial charge in [-0.3, -0.25) is 4.79 Å². The molecule has 1 aromatic rings. The first-order valence-corrected chi connectivity index (χ1v) is 7.88. The van der Waals surface area contributed by atoms with Gasteiger partial charge in [0.15, 0.2) is 0 Å². The molecular weight excluding hydrogens is 292 g/mol. The third kappa shape index (κ3) is 5.55.